The van der Waals surface area contributed by atoms with Crippen LogP contribution in [-0.2, 0) is 6.42 Å². The molecule has 0 aliphatic heterocycles. The highest BCUT2D eigenvalue weighted by Crippen LogP contribution is 2.45. The Hall–Kier alpha value is -1.56. The van der Waals surface area contributed by atoms with Gasteiger partial charge in [-0.1, -0.05) is 30.3 Å². The fourth-order valence-corrected chi connectivity index (χ4v) is 2.91. The molecule has 0 nitrogen and oxygen atoms in total. The van der Waals surface area contributed by atoms with Gasteiger partial charge in [0.1, 0.15) is 0 Å². The molecule has 0 atom stereocenters. The molecule has 0 saturated heterocycles. The summed E-state index contributed by atoms with van der Waals surface area (Å²) in [4.78, 5) is 0. The van der Waals surface area contributed by atoms with E-state index >= 15 is 0 Å². The quantitative estimate of drug-likeness (QED) is 0.386. The van der Waals surface area contributed by atoms with Gasteiger partial charge in [0, 0.05) is 0 Å². The zero-order valence-corrected chi connectivity index (χ0v) is 8.09. The predicted molar refractivity (Wildman–Crippen MR) is 58.4 cm³/mol. The molecule has 4 rings (SSSR count). The first-order valence-electron chi connectivity index (χ1n) is 5.11. The van der Waals surface area contributed by atoms with E-state index in [0.717, 1.165) is 6.42 Å². The van der Waals surface area contributed by atoms with Crippen LogP contribution in [0.25, 0.3) is 22.3 Å². The highest BCUT2D eigenvalue weighted by atomic mass is 14.3. The van der Waals surface area contributed by atoms with Crippen molar-refractivity contribution in [2.24, 2.45) is 0 Å². The van der Waals surface area contributed by atoms with E-state index in [4.69, 9.17) is 0 Å². The maximum atomic E-state index is 2.36. The predicted octanol–water partition coefficient (Wildman–Crippen LogP) is 3.55. The summed E-state index contributed by atoms with van der Waals surface area (Å²) in [6, 6.07) is 11.5. The van der Waals surface area contributed by atoms with Crippen molar-refractivity contribution in [2.45, 2.75) is 13.3 Å². The molecule has 0 saturated carbocycles. The first-order chi connectivity index (χ1) is 6.84. The lowest BCUT2D eigenvalue weighted by molar-refractivity contribution is 1.24. The molecule has 2 aromatic carbocycles. The fourth-order valence-electron chi connectivity index (χ4n) is 2.91. The summed E-state index contributed by atoms with van der Waals surface area (Å²) >= 11 is 0. The molecule has 0 spiro atoms. The second-order valence-corrected chi connectivity index (χ2v) is 4.31. The van der Waals surface area contributed by atoms with Gasteiger partial charge in [-0.15, -0.1) is 0 Å². The van der Waals surface area contributed by atoms with Crippen molar-refractivity contribution >= 4 is 0 Å². The molecule has 2 aliphatic rings. The Bertz CT molecular complexity index is 568. The Labute approximate surface area is 83.2 Å². The van der Waals surface area contributed by atoms with Crippen molar-refractivity contribution in [3.05, 3.63) is 47.0 Å². The molecule has 0 unspecified atom stereocenters. The Morgan fingerprint density at radius 2 is 1.71 bits per heavy atom. The Morgan fingerprint density at radius 1 is 0.929 bits per heavy atom. The lowest BCUT2D eigenvalue weighted by Crippen LogP contribution is -1.91. The van der Waals surface area contributed by atoms with Crippen LogP contribution in [0.5, 0.6) is 0 Å². The molecular weight excluding hydrogens is 168 g/mol. The fraction of sp³-hybridized carbons (Fsp3) is 0.143. The van der Waals surface area contributed by atoms with Gasteiger partial charge >= 0.3 is 0 Å². The average Bonchev–Trinajstić information content (AvgIpc) is 2.51. The second-order valence-electron chi connectivity index (χ2n) is 4.31. The van der Waals surface area contributed by atoms with Gasteiger partial charge in [0.2, 0.25) is 0 Å². The lowest BCUT2D eigenvalue weighted by atomic mass is 9.91. The number of hydrogen-bond donors (Lipinski definition) is 0. The van der Waals surface area contributed by atoms with Gasteiger partial charge in [0.25, 0.3) is 0 Å². The molecule has 2 aliphatic carbocycles. The van der Waals surface area contributed by atoms with Crippen LogP contribution >= 0.6 is 0 Å². The number of benzene rings is 2. The van der Waals surface area contributed by atoms with Crippen LogP contribution in [0.4, 0.5) is 0 Å². The Kier molecular flexibility index (Phi) is 0.940. The monoisotopic (exact) mass is 178 g/mol. The molecule has 2 aromatic rings. The maximum absolute atomic E-state index is 2.36. The smallest absolute Gasteiger partial charge is 0.00104 e. The summed E-state index contributed by atoms with van der Waals surface area (Å²) in [5, 5.41) is 0. The van der Waals surface area contributed by atoms with E-state index in [1.54, 1.807) is 5.56 Å². The van der Waals surface area contributed by atoms with E-state index in [9.17, 15) is 0 Å². The topological polar surface area (TPSA) is 0 Å². The third-order valence-electron chi connectivity index (χ3n) is 3.67. The molecule has 0 heteroatoms. The van der Waals surface area contributed by atoms with Gasteiger partial charge in [-0.05, 0) is 52.3 Å². The van der Waals surface area contributed by atoms with Crippen LogP contribution < -0.4 is 0 Å². The van der Waals surface area contributed by atoms with E-state index in [-0.39, 0.29) is 0 Å². The van der Waals surface area contributed by atoms with Crippen LogP contribution in [0.15, 0.2) is 30.3 Å². The molecule has 0 amide bonds. The van der Waals surface area contributed by atoms with E-state index in [1.807, 2.05) is 0 Å². The normalized spacial score (nSPS) is 13.8. The number of hydrogen-bond acceptors (Lipinski definition) is 0. The third kappa shape index (κ3) is 0.569. The minimum absolute atomic E-state index is 1.15. The Morgan fingerprint density at radius 3 is 2.64 bits per heavy atom. The summed E-state index contributed by atoms with van der Waals surface area (Å²) < 4.78 is 0. The van der Waals surface area contributed by atoms with E-state index in [0.29, 0.717) is 0 Å². The minimum atomic E-state index is 1.15. The molecule has 4 bridgehead atoms. The van der Waals surface area contributed by atoms with Gasteiger partial charge in [-0.2, -0.15) is 0 Å². The van der Waals surface area contributed by atoms with E-state index in [2.05, 4.69) is 37.3 Å². The van der Waals surface area contributed by atoms with Crippen LogP contribution in [-0.4, -0.2) is 0 Å². The van der Waals surface area contributed by atoms with E-state index in [1.165, 1.54) is 33.4 Å². The standard InChI is InChI=1S/C14H10/c1-8-11-4-5-13-12-3-2-9(11)6-10(12)7-14(8)13/h2-6H,7H2,1H3. The van der Waals surface area contributed by atoms with Crippen molar-refractivity contribution in [3.8, 4) is 22.3 Å². The zero-order chi connectivity index (χ0) is 9.28. The summed E-state index contributed by atoms with van der Waals surface area (Å²) in [7, 11) is 0. The molecule has 66 valence electrons. The highest BCUT2D eigenvalue weighted by Gasteiger charge is 2.25. The Balaban J connectivity index is 2.38. The van der Waals surface area contributed by atoms with E-state index < -0.39 is 0 Å². The van der Waals surface area contributed by atoms with Gasteiger partial charge in [-0.3, -0.25) is 0 Å². The minimum Gasteiger partial charge on any atom is -0.0537 e. The van der Waals surface area contributed by atoms with Crippen molar-refractivity contribution in [1.82, 2.24) is 0 Å². The molecule has 0 radical (unpaired) electrons. The van der Waals surface area contributed by atoms with Gasteiger partial charge in [0.15, 0.2) is 0 Å². The molecule has 0 fully saturated rings. The van der Waals surface area contributed by atoms with Crippen molar-refractivity contribution in [3.63, 3.8) is 0 Å². The van der Waals surface area contributed by atoms with Crippen molar-refractivity contribution < 1.29 is 0 Å². The van der Waals surface area contributed by atoms with Crippen LogP contribution in [0.1, 0.15) is 16.7 Å². The first-order valence-corrected chi connectivity index (χ1v) is 5.11. The number of rotatable bonds is 0. The van der Waals surface area contributed by atoms with Crippen LogP contribution in [0.3, 0.4) is 0 Å². The highest BCUT2D eigenvalue weighted by molar-refractivity contribution is 5.88. The molecule has 0 heterocycles. The average molecular weight is 178 g/mol. The maximum Gasteiger partial charge on any atom is -0.00104 e. The summed E-state index contributed by atoms with van der Waals surface area (Å²) in [6.45, 7) is 2.26. The number of fused-ring (bicyclic) bond motifs is 4. The van der Waals surface area contributed by atoms with Crippen molar-refractivity contribution in [2.75, 3.05) is 0 Å². The summed E-state index contributed by atoms with van der Waals surface area (Å²) in [6.07, 6.45) is 1.15. The second kappa shape index (κ2) is 1.93. The van der Waals surface area contributed by atoms with Gasteiger partial charge in [0.05, 0.1) is 0 Å². The van der Waals surface area contributed by atoms with Gasteiger partial charge in [-0.25, -0.2) is 0 Å². The van der Waals surface area contributed by atoms with Gasteiger partial charge < -0.3 is 0 Å². The lowest BCUT2D eigenvalue weighted by Gasteiger charge is -2.14. The third-order valence-corrected chi connectivity index (χ3v) is 3.67. The SMILES string of the molecule is Cc1c2ccc3c1Cc1cc-2ccc1-3. The molecule has 14 heavy (non-hydrogen) atoms. The van der Waals surface area contributed by atoms with Crippen molar-refractivity contribution in [1.29, 1.82) is 0 Å². The largest absolute Gasteiger partial charge is 0.0537 e. The molecular formula is C14H10. The zero-order valence-electron chi connectivity index (χ0n) is 8.09. The van der Waals surface area contributed by atoms with Crippen LogP contribution in [0.2, 0.25) is 0 Å². The molecule has 0 aromatic heterocycles. The summed E-state index contributed by atoms with van der Waals surface area (Å²) in [5.74, 6) is 0. The summed E-state index contributed by atoms with van der Waals surface area (Å²) in [5.41, 5.74) is 10.3. The first kappa shape index (κ1) is 6.83. The van der Waals surface area contributed by atoms with Crippen LogP contribution in [0, 0.1) is 6.92 Å². The molecule has 0 N–H and O–H groups in total.